The average molecular weight is 460 g/mol. The van der Waals surface area contributed by atoms with Crippen LogP contribution in [0.2, 0.25) is 5.02 Å². The van der Waals surface area contributed by atoms with Gasteiger partial charge in [0.25, 0.3) is 0 Å². The Balaban J connectivity index is 1.35. The molecule has 1 aromatic heterocycles. The predicted molar refractivity (Wildman–Crippen MR) is 131 cm³/mol. The first-order valence-electron chi connectivity index (χ1n) is 11.2. The smallest absolute Gasteiger partial charge is 0.223 e. The number of aromatic nitrogens is 2. The molecule has 0 aliphatic carbocycles. The van der Waals surface area contributed by atoms with E-state index in [1.165, 1.54) is 0 Å². The highest BCUT2D eigenvalue weighted by atomic mass is 35.5. The van der Waals surface area contributed by atoms with Crippen molar-refractivity contribution in [2.24, 2.45) is 0 Å². The fraction of sp³-hybridized carbons (Fsp3) is 0.259. The summed E-state index contributed by atoms with van der Waals surface area (Å²) in [5, 5.41) is 0.733. The van der Waals surface area contributed by atoms with E-state index in [9.17, 15) is 4.79 Å². The normalized spacial score (nSPS) is 16.0. The number of benzene rings is 3. The van der Waals surface area contributed by atoms with Gasteiger partial charge in [-0.2, -0.15) is 0 Å². The van der Waals surface area contributed by atoms with E-state index in [1.54, 1.807) is 0 Å². The summed E-state index contributed by atoms with van der Waals surface area (Å²) in [5.74, 6) is 1.99. The van der Waals surface area contributed by atoms with Crippen LogP contribution in [0.25, 0.3) is 11.0 Å². The van der Waals surface area contributed by atoms with Gasteiger partial charge in [0.15, 0.2) is 0 Å². The van der Waals surface area contributed by atoms with Crippen LogP contribution in [0.3, 0.4) is 0 Å². The number of nitrogens with zero attached hydrogens (tertiary/aromatic N) is 3. The second kappa shape index (κ2) is 9.28. The van der Waals surface area contributed by atoms with Crippen molar-refractivity contribution in [3.05, 3.63) is 94.8 Å². The molecule has 0 N–H and O–H groups in total. The molecule has 3 aromatic carbocycles. The SMILES string of the molecule is Cc1cc(OCCn2c(C3CC(=O)N(Cc4ccccc4)C3)nc3ccccc32)ccc1Cl. The number of halogens is 1. The van der Waals surface area contributed by atoms with Crippen LogP contribution >= 0.6 is 11.6 Å². The van der Waals surface area contributed by atoms with Crippen molar-refractivity contribution in [1.82, 2.24) is 14.5 Å². The Morgan fingerprint density at radius 3 is 2.67 bits per heavy atom. The number of hydrogen-bond acceptors (Lipinski definition) is 3. The number of rotatable bonds is 7. The molecule has 4 aromatic rings. The monoisotopic (exact) mass is 459 g/mol. The van der Waals surface area contributed by atoms with E-state index in [2.05, 4.69) is 22.8 Å². The molecule has 1 amide bonds. The molecule has 0 bridgehead atoms. The van der Waals surface area contributed by atoms with Crippen LogP contribution < -0.4 is 4.74 Å². The van der Waals surface area contributed by atoms with Crippen LogP contribution in [-0.2, 0) is 17.9 Å². The molecule has 1 unspecified atom stereocenters. The Kier molecular flexibility index (Phi) is 6.05. The number of imidazole rings is 1. The molecule has 1 aliphatic rings. The molecule has 2 heterocycles. The molecule has 1 atom stereocenters. The van der Waals surface area contributed by atoms with Gasteiger partial charge in [0.1, 0.15) is 18.2 Å². The fourth-order valence-electron chi connectivity index (χ4n) is 4.50. The van der Waals surface area contributed by atoms with Crippen molar-refractivity contribution in [2.45, 2.75) is 32.4 Å². The van der Waals surface area contributed by atoms with Crippen molar-refractivity contribution >= 4 is 28.5 Å². The lowest BCUT2D eigenvalue weighted by Gasteiger charge is -2.17. The zero-order valence-corrected chi connectivity index (χ0v) is 19.3. The lowest BCUT2D eigenvalue weighted by Crippen LogP contribution is -2.24. The van der Waals surface area contributed by atoms with Crippen molar-refractivity contribution in [3.8, 4) is 5.75 Å². The van der Waals surface area contributed by atoms with Crippen LogP contribution in [0.1, 0.15) is 29.3 Å². The Labute approximate surface area is 198 Å². The Morgan fingerprint density at radius 2 is 1.85 bits per heavy atom. The molecule has 1 saturated heterocycles. The number of carbonyl (C=O) groups is 1. The maximum Gasteiger partial charge on any atom is 0.223 e. The minimum absolute atomic E-state index is 0.0615. The summed E-state index contributed by atoms with van der Waals surface area (Å²) in [6, 6.07) is 24.0. The third-order valence-corrected chi connectivity index (χ3v) is 6.62. The summed E-state index contributed by atoms with van der Waals surface area (Å²) in [5.41, 5.74) is 4.15. The molecular formula is C27H26ClN3O2. The van der Waals surface area contributed by atoms with Gasteiger partial charge in [-0.05, 0) is 48.4 Å². The average Bonchev–Trinajstić information content (AvgIpc) is 3.37. The first-order chi connectivity index (χ1) is 16.1. The number of hydrogen-bond donors (Lipinski definition) is 0. The van der Waals surface area contributed by atoms with Gasteiger partial charge in [-0.3, -0.25) is 4.79 Å². The van der Waals surface area contributed by atoms with Crippen molar-refractivity contribution in [2.75, 3.05) is 13.2 Å². The summed E-state index contributed by atoms with van der Waals surface area (Å²) in [4.78, 5) is 19.7. The van der Waals surface area contributed by atoms with Crippen molar-refractivity contribution in [1.29, 1.82) is 0 Å². The Bertz CT molecular complexity index is 1290. The minimum atomic E-state index is 0.0615. The molecule has 1 aliphatic heterocycles. The van der Waals surface area contributed by atoms with Gasteiger partial charge >= 0.3 is 0 Å². The largest absolute Gasteiger partial charge is 0.492 e. The number of ether oxygens (including phenoxy) is 1. The number of aryl methyl sites for hydroxylation is 1. The molecule has 6 heteroatoms. The number of para-hydroxylation sites is 2. The van der Waals surface area contributed by atoms with E-state index in [4.69, 9.17) is 21.3 Å². The van der Waals surface area contributed by atoms with E-state index in [1.807, 2.05) is 66.4 Å². The van der Waals surface area contributed by atoms with Gasteiger partial charge in [-0.1, -0.05) is 54.1 Å². The summed E-state index contributed by atoms with van der Waals surface area (Å²) in [6.45, 7) is 4.43. The molecule has 0 saturated carbocycles. The lowest BCUT2D eigenvalue weighted by molar-refractivity contribution is -0.128. The van der Waals surface area contributed by atoms with Gasteiger partial charge < -0.3 is 14.2 Å². The Hall–Kier alpha value is -3.31. The van der Waals surface area contributed by atoms with Gasteiger partial charge in [0, 0.05) is 30.5 Å². The second-order valence-corrected chi connectivity index (χ2v) is 8.94. The highest BCUT2D eigenvalue weighted by Crippen LogP contribution is 2.31. The minimum Gasteiger partial charge on any atom is -0.492 e. The van der Waals surface area contributed by atoms with E-state index >= 15 is 0 Å². The fourth-order valence-corrected chi connectivity index (χ4v) is 4.62. The maximum atomic E-state index is 12.8. The van der Waals surface area contributed by atoms with E-state index in [-0.39, 0.29) is 11.8 Å². The summed E-state index contributed by atoms with van der Waals surface area (Å²) >= 11 is 6.13. The summed E-state index contributed by atoms with van der Waals surface area (Å²) in [7, 11) is 0. The lowest BCUT2D eigenvalue weighted by atomic mass is 10.1. The third kappa shape index (κ3) is 4.60. The van der Waals surface area contributed by atoms with Crippen LogP contribution in [0, 0.1) is 6.92 Å². The van der Waals surface area contributed by atoms with Gasteiger partial charge in [-0.25, -0.2) is 4.98 Å². The Morgan fingerprint density at radius 1 is 1.06 bits per heavy atom. The number of amides is 1. The maximum absolute atomic E-state index is 12.8. The number of carbonyl (C=O) groups excluding carboxylic acids is 1. The van der Waals surface area contributed by atoms with Crippen LogP contribution in [-0.4, -0.2) is 33.5 Å². The molecule has 33 heavy (non-hydrogen) atoms. The van der Waals surface area contributed by atoms with Gasteiger partial charge in [-0.15, -0.1) is 0 Å². The van der Waals surface area contributed by atoms with Crippen LogP contribution in [0.15, 0.2) is 72.8 Å². The third-order valence-electron chi connectivity index (χ3n) is 6.19. The van der Waals surface area contributed by atoms with E-state index < -0.39 is 0 Å². The topological polar surface area (TPSA) is 47.4 Å². The first kappa shape index (κ1) is 21.5. The number of likely N-dealkylation sites (tertiary alicyclic amines) is 1. The molecule has 0 spiro atoms. The van der Waals surface area contributed by atoms with Gasteiger partial charge in [0.05, 0.1) is 17.6 Å². The molecule has 168 valence electrons. The van der Waals surface area contributed by atoms with Crippen molar-refractivity contribution in [3.63, 3.8) is 0 Å². The van der Waals surface area contributed by atoms with E-state index in [0.717, 1.165) is 38.8 Å². The van der Waals surface area contributed by atoms with Crippen LogP contribution in [0.4, 0.5) is 0 Å². The van der Waals surface area contributed by atoms with Crippen molar-refractivity contribution < 1.29 is 9.53 Å². The predicted octanol–water partition coefficient (Wildman–Crippen LogP) is 5.59. The molecule has 0 radical (unpaired) electrons. The highest BCUT2D eigenvalue weighted by Gasteiger charge is 2.34. The molecule has 5 rings (SSSR count). The zero-order chi connectivity index (χ0) is 22.8. The first-order valence-corrected chi connectivity index (χ1v) is 11.6. The molecule has 5 nitrogen and oxygen atoms in total. The second-order valence-electron chi connectivity index (χ2n) is 8.53. The quantitative estimate of drug-likeness (QED) is 0.361. The van der Waals surface area contributed by atoms with Gasteiger partial charge in [0.2, 0.25) is 5.91 Å². The summed E-state index contributed by atoms with van der Waals surface area (Å²) < 4.78 is 8.23. The molecular weight excluding hydrogens is 434 g/mol. The summed E-state index contributed by atoms with van der Waals surface area (Å²) in [6.07, 6.45) is 0.480. The highest BCUT2D eigenvalue weighted by molar-refractivity contribution is 6.31. The van der Waals surface area contributed by atoms with E-state index in [0.29, 0.717) is 32.7 Å². The number of fused-ring (bicyclic) bond motifs is 1. The molecule has 1 fully saturated rings. The zero-order valence-electron chi connectivity index (χ0n) is 18.6. The van der Waals surface area contributed by atoms with Crippen LogP contribution in [0.5, 0.6) is 5.75 Å². The standard InChI is InChI=1S/C27H26ClN3O2/c1-19-15-22(11-12-23(19)28)33-14-13-31-25-10-6-5-9-24(25)29-27(31)21-16-26(32)30(18-21)17-20-7-3-2-4-8-20/h2-12,15,21H,13-14,16-18H2,1H3.